The molecule has 0 radical (unpaired) electrons. The van der Waals surface area contributed by atoms with Gasteiger partial charge in [0.25, 0.3) is 0 Å². The SMILES string of the molecule is CC(C)(C)OC(=O)NC(C(=O)N1CC(OC(=O)N2Cc3ccccc3C2)CC1C(=O)O)C(C)(C)C. The fraction of sp³-hybridized carbons (Fsp3) is 0.600. The van der Waals surface area contributed by atoms with Crippen molar-refractivity contribution in [2.45, 2.75) is 84.8 Å². The van der Waals surface area contributed by atoms with E-state index in [-0.39, 0.29) is 13.0 Å². The highest BCUT2D eigenvalue weighted by atomic mass is 16.6. The van der Waals surface area contributed by atoms with Crippen molar-refractivity contribution in [3.63, 3.8) is 0 Å². The summed E-state index contributed by atoms with van der Waals surface area (Å²) in [7, 11) is 0. The molecule has 2 N–H and O–H groups in total. The van der Waals surface area contributed by atoms with Crippen LogP contribution in [0.25, 0.3) is 0 Å². The molecule has 1 saturated heterocycles. The molecular weight excluding hydrogens is 454 g/mol. The van der Waals surface area contributed by atoms with Crippen LogP contribution in [0.15, 0.2) is 24.3 Å². The summed E-state index contributed by atoms with van der Waals surface area (Å²) < 4.78 is 10.9. The highest BCUT2D eigenvalue weighted by molar-refractivity contribution is 5.90. The van der Waals surface area contributed by atoms with E-state index in [0.717, 1.165) is 11.1 Å². The minimum absolute atomic E-state index is 0.0309. The number of hydrogen-bond donors (Lipinski definition) is 2. The number of ether oxygens (including phenoxy) is 2. The Balaban J connectivity index is 1.70. The van der Waals surface area contributed by atoms with E-state index >= 15 is 0 Å². The van der Waals surface area contributed by atoms with Crippen molar-refractivity contribution in [3.8, 4) is 0 Å². The highest BCUT2D eigenvalue weighted by Crippen LogP contribution is 2.29. The predicted octanol–water partition coefficient (Wildman–Crippen LogP) is 3.13. The molecule has 0 saturated carbocycles. The molecular formula is C25H35N3O7. The van der Waals surface area contributed by atoms with Crippen LogP contribution in [0.3, 0.4) is 0 Å². The summed E-state index contributed by atoms with van der Waals surface area (Å²) in [6.07, 6.45) is -2.13. The molecule has 2 heterocycles. The Labute approximate surface area is 205 Å². The van der Waals surface area contributed by atoms with Gasteiger partial charge < -0.3 is 24.8 Å². The van der Waals surface area contributed by atoms with Crippen LogP contribution in [-0.2, 0) is 32.2 Å². The quantitative estimate of drug-likeness (QED) is 0.665. The molecule has 3 amide bonds. The lowest BCUT2D eigenvalue weighted by molar-refractivity contribution is -0.150. The molecule has 0 spiro atoms. The minimum atomic E-state index is -1.20. The van der Waals surface area contributed by atoms with E-state index in [4.69, 9.17) is 9.47 Å². The van der Waals surface area contributed by atoms with E-state index in [1.165, 1.54) is 4.90 Å². The van der Waals surface area contributed by atoms with Crippen LogP contribution in [0.2, 0.25) is 0 Å². The molecule has 3 unspecified atom stereocenters. The van der Waals surface area contributed by atoms with E-state index in [1.54, 1.807) is 46.4 Å². The van der Waals surface area contributed by atoms with Gasteiger partial charge in [0.2, 0.25) is 5.91 Å². The molecule has 3 atom stereocenters. The number of fused-ring (bicyclic) bond motifs is 1. The van der Waals surface area contributed by atoms with Gasteiger partial charge in [-0.3, -0.25) is 9.69 Å². The van der Waals surface area contributed by atoms with Crippen LogP contribution in [0.4, 0.5) is 9.59 Å². The van der Waals surface area contributed by atoms with Crippen molar-refractivity contribution >= 4 is 24.1 Å². The summed E-state index contributed by atoms with van der Waals surface area (Å²) in [5.41, 5.74) is 0.587. The zero-order valence-corrected chi connectivity index (χ0v) is 21.2. The van der Waals surface area contributed by atoms with Gasteiger partial charge in [0.05, 0.1) is 6.54 Å². The van der Waals surface area contributed by atoms with Gasteiger partial charge in [-0.25, -0.2) is 14.4 Å². The van der Waals surface area contributed by atoms with Crippen LogP contribution >= 0.6 is 0 Å². The fourth-order valence-electron chi connectivity index (χ4n) is 4.28. The number of benzene rings is 1. The molecule has 3 rings (SSSR count). The number of likely N-dealkylation sites (tertiary alicyclic amines) is 1. The zero-order chi connectivity index (χ0) is 26.1. The van der Waals surface area contributed by atoms with Gasteiger partial charge in [0, 0.05) is 19.5 Å². The van der Waals surface area contributed by atoms with E-state index in [0.29, 0.717) is 13.1 Å². The van der Waals surface area contributed by atoms with Crippen LogP contribution in [0, 0.1) is 5.41 Å². The number of nitrogens with one attached hydrogen (secondary N) is 1. The molecule has 1 aromatic carbocycles. The smallest absolute Gasteiger partial charge is 0.410 e. The van der Waals surface area contributed by atoms with Crippen molar-refractivity contribution in [2.75, 3.05) is 6.54 Å². The Kier molecular flexibility index (Phi) is 7.33. The van der Waals surface area contributed by atoms with Gasteiger partial charge >= 0.3 is 18.2 Å². The van der Waals surface area contributed by atoms with Crippen LogP contribution in [-0.4, -0.2) is 69.3 Å². The second-order valence-electron chi connectivity index (χ2n) is 11.2. The molecule has 0 aliphatic carbocycles. The second-order valence-corrected chi connectivity index (χ2v) is 11.2. The molecule has 192 valence electrons. The van der Waals surface area contributed by atoms with Gasteiger partial charge in [-0.2, -0.15) is 0 Å². The average molecular weight is 490 g/mol. The average Bonchev–Trinajstić information content (AvgIpc) is 3.33. The minimum Gasteiger partial charge on any atom is -0.480 e. The number of carboxylic acid groups (broad SMARTS) is 1. The molecule has 10 nitrogen and oxygen atoms in total. The maximum absolute atomic E-state index is 13.5. The Morgan fingerprint density at radius 1 is 1.03 bits per heavy atom. The lowest BCUT2D eigenvalue weighted by atomic mass is 9.85. The third-order valence-electron chi connectivity index (χ3n) is 5.97. The number of carbonyl (C=O) groups is 4. The summed E-state index contributed by atoms with van der Waals surface area (Å²) in [6.45, 7) is 11.2. The standard InChI is InChI=1S/C25H35N3O7/c1-24(2,3)19(26-22(32)35-25(4,5)6)20(29)28-14-17(11-18(28)21(30)31)34-23(33)27-12-15-9-7-8-10-16(15)13-27/h7-10,17-19H,11-14H2,1-6H3,(H,26,32)(H,30,31). The molecule has 2 aliphatic rings. The number of nitrogens with zero attached hydrogens (tertiary/aromatic N) is 2. The molecule has 10 heteroatoms. The first-order chi connectivity index (χ1) is 16.2. The van der Waals surface area contributed by atoms with Crippen LogP contribution in [0.5, 0.6) is 0 Å². The highest BCUT2D eigenvalue weighted by Gasteiger charge is 2.46. The Bertz CT molecular complexity index is 971. The van der Waals surface area contributed by atoms with Crippen molar-refractivity contribution in [3.05, 3.63) is 35.4 Å². The number of amides is 3. The lowest BCUT2D eigenvalue weighted by Crippen LogP contribution is -2.57. The van der Waals surface area contributed by atoms with Crippen molar-refractivity contribution < 1.29 is 33.8 Å². The maximum Gasteiger partial charge on any atom is 0.410 e. The summed E-state index contributed by atoms with van der Waals surface area (Å²) in [5, 5.41) is 12.4. The summed E-state index contributed by atoms with van der Waals surface area (Å²) in [4.78, 5) is 53.4. The molecule has 2 aliphatic heterocycles. The molecule has 35 heavy (non-hydrogen) atoms. The molecule has 0 bridgehead atoms. The normalized spacial score (nSPS) is 20.7. The summed E-state index contributed by atoms with van der Waals surface area (Å²) >= 11 is 0. The third-order valence-corrected chi connectivity index (χ3v) is 5.97. The molecule has 1 fully saturated rings. The van der Waals surface area contributed by atoms with Crippen molar-refractivity contribution in [2.24, 2.45) is 5.41 Å². The number of carbonyl (C=O) groups excluding carboxylic acids is 3. The Morgan fingerprint density at radius 3 is 2.09 bits per heavy atom. The van der Waals surface area contributed by atoms with Crippen molar-refractivity contribution in [1.82, 2.24) is 15.1 Å². The topological polar surface area (TPSA) is 125 Å². The van der Waals surface area contributed by atoms with Gasteiger partial charge in [-0.05, 0) is 37.3 Å². The van der Waals surface area contributed by atoms with Gasteiger partial charge in [0.1, 0.15) is 23.8 Å². The predicted molar refractivity (Wildman–Crippen MR) is 126 cm³/mol. The monoisotopic (exact) mass is 489 g/mol. The van der Waals surface area contributed by atoms with Gasteiger partial charge in [0.15, 0.2) is 0 Å². The fourth-order valence-corrected chi connectivity index (χ4v) is 4.28. The van der Waals surface area contributed by atoms with Crippen LogP contribution in [0.1, 0.15) is 59.1 Å². The number of rotatable bonds is 4. The first-order valence-corrected chi connectivity index (χ1v) is 11.7. The number of hydrogen-bond acceptors (Lipinski definition) is 6. The number of carboxylic acids is 1. The summed E-state index contributed by atoms with van der Waals surface area (Å²) in [6, 6.07) is 5.49. The first kappa shape index (κ1) is 26.3. The Hall–Kier alpha value is -3.30. The number of alkyl carbamates (subject to hydrolysis) is 1. The van der Waals surface area contributed by atoms with E-state index in [2.05, 4.69) is 5.32 Å². The Morgan fingerprint density at radius 2 is 1.60 bits per heavy atom. The van der Waals surface area contributed by atoms with E-state index < -0.39 is 53.3 Å². The summed E-state index contributed by atoms with van der Waals surface area (Å²) in [5.74, 6) is -1.77. The van der Waals surface area contributed by atoms with Crippen LogP contribution < -0.4 is 5.32 Å². The second kappa shape index (κ2) is 9.75. The van der Waals surface area contributed by atoms with E-state index in [9.17, 15) is 24.3 Å². The van der Waals surface area contributed by atoms with Gasteiger partial charge in [-0.1, -0.05) is 45.0 Å². The maximum atomic E-state index is 13.5. The molecule has 0 aromatic heterocycles. The zero-order valence-electron chi connectivity index (χ0n) is 21.2. The third kappa shape index (κ3) is 6.43. The lowest BCUT2D eigenvalue weighted by Gasteiger charge is -2.35. The van der Waals surface area contributed by atoms with E-state index in [1.807, 2.05) is 24.3 Å². The molecule has 1 aromatic rings. The van der Waals surface area contributed by atoms with Gasteiger partial charge in [-0.15, -0.1) is 0 Å². The van der Waals surface area contributed by atoms with Crippen molar-refractivity contribution in [1.29, 1.82) is 0 Å². The number of aliphatic carboxylic acids is 1. The first-order valence-electron chi connectivity index (χ1n) is 11.7. The largest absolute Gasteiger partial charge is 0.480 e.